The zero-order chi connectivity index (χ0) is 20.4. The summed E-state index contributed by atoms with van der Waals surface area (Å²) in [6.07, 6.45) is 0.765. The second-order valence-electron chi connectivity index (χ2n) is 6.44. The molecular formula is C19H17N3O7. The summed E-state index contributed by atoms with van der Waals surface area (Å²) in [6.45, 7) is 0.512. The summed E-state index contributed by atoms with van der Waals surface area (Å²) >= 11 is 0. The lowest BCUT2D eigenvalue weighted by molar-refractivity contribution is -0.384. The molecule has 2 aromatic carbocycles. The number of anilines is 2. The van der Waals surface area contributed by atoms with Gasteiger partial charge in [0.2, 0.25) is 5.91 Å². The second kappa shape index (κ2) is 7.66. The summed E-state index contributed by atoms with van der Waals surface area (Å²) < 4.78 is 16.5. The van der Waals surface area contributed by atoms with Crippen LogP contribution in [0.25, 0.3) is 0 Å². The fraction of sp³-hybridized carbons (Fsp3) is 0.263. The van der Waals surface area contributed by atoms with E-state index in [4.69, 9.17) is 14.2 Å². The third-order valence-corrected chi connectivity index (χ3v) is 4.43. The zero-order valence-electron chi connectivity index (χ0n) is 15.3. The maximum atomic E-state index is 12.5. The number of nitrogens with zero attached hydrogens (tertiary/aromatic N) is 2. The van der Waals surface area contributed by atoms with Crippen LogP contribution in [0.2, 0.25) is 0 Å². The van der Waals surface area contributed by atoms with Crippen LogP contribution in [0.15, 0.2) is 36.4 Å². The first-order valence-electron chi connectivity index (χ1n) is 8.92. The number of rotatable bonds is 4. The van der Waals surface area contributed by atoms with Crippen molar-refractivity contribution < 1.29 is 28.7 Å². The molecule has 0 saturated heterocycles. The van der Waals surface area contributed by atoms with Crippen LogP contribution in [-0.2, 0) is 9.59 Å². The molecule has 0 aromatic heterocycles. The number of hydrogen-bond acceptors (Lipinski definition) is 7. The van der Waals surface area contributed by atoms with Gasteiger partial charge in [0.05, 0.1) is 23.8 Å². The van der Waals surface area contributed by atoms with Gasteiger partial charge < -0.3 is 19.5 Å². The number of carbonyl (C=O) groups excluding carboxylic acids is 2. The molecule has 1 N–H and O–H groups in total. The fourth-order valence-electron chi connectivity index (χ4n) is 3.06. The molecule has 0 aliphatic carbocycles. The van der Waals surface area contributed by atoms with E-state index in [-0.39, 0.29) is 24.5 Å². The molecule has 2 heterocycles. The van der Waals surface area contributed by atoms with Crippen molar-refractivity contribution in [2.24, 2.45) is 0 Å². The van der Waals surface area contributed by atoms with Crippen molar-refractivity contribution >= 4 is 28.9 Å². The summed E-state index contributed by atoms with van der Waals surface area (Å²) in [5.74, 6) is 0.506. The molecule has 0 spiro atoms. The van der Waals surface area contributed by atoms with Crippen LogP contribution in [0.1, 0.15) is 6.42 Å². The highest BCUT2D eigenvalue weighted by molar-refractivity contribution is 6.05. The molecule has 0 saturated carbocycles. The minimum Gasteiger partial charge on any atom is -0.490 e. The molecule has 0 unspecified atom stereocenters. The van der Waals surface area contributed by atoms with Crippen LogP contribution in [0.3, 0.4) is 0 Å². The maximum absolute atomic E-state index is 12.5. The van der Waals surface area contributed by atoms with E-state index in [2.05, 4.69) is 5.32 Å². The molecule has 2 aliphatic heterocycles. The Balaban J connectivity index is 1.51. The lowest BCUT2D eigenvalue weighted by Gasteiger charge is -2.28. The minimum atomic E-state index is -0.574. The average Bonchev–Trinajstić information content (AvgIpc) is 2.94. The second-order valence-corrected chi connectivity index (χ2v) is 6.44. The van der Waals surface area contributed by atoms with Crippen LogP contribution in [-0.4, -0.2) is 43.1 Å². The molecule has 0 fully saturated rings. The first-order valence-corrected chi connectivity index (χ1v) is 8.92. The zero-order valence-corrected chi connectivity index (χ0v) is 15.3. The summed E-state index contributed by atoms with van der Waals surface area (Å²) in [7, 11) is 0. The normalized spacial score (nSPS) is 15.0. The van der Waals surface area contributed by atoms with Gasteiger partial charge in [0.25, 0.3) is 11.6 Å². The van der Waals surface area contributed by atoms with Crippen LogP contribution in [0, 0.1) is 10.1 Å². The average molecular weight is 399 g/mol. The van der Waals surface area contributed by atoms with Gasteiger partial charge in [-0.3, -0.25) is 24.6 Å². The van der Waals surface area contributed by atoms with Crippen LogP contribution >= 0.6 is 0 Å². The molecular weight excluding hydrogens is 382 g/mol. The number of benzene rings is 2. The van der Waals surface area contributed by atoms with Crippen molar-refractivity contribution in [2.75, 3.05) is 36.6 Å². The fourth-order valence-corrected chi connectivity index (χ4v) is 3.06. The molecule has 0 radical (unpaired) electrons. The van der Waals surface area contributed by atoms with E-state index in [1.807, 2.05) is 0 Å². The van der Waals surface area contributed by atoms with Gasteiger partial charge in [-0.1, -0.05) is 0 Å². The Morgan fingerprint density at radius 2 is 1.83 bits per heavy atom. The van der Waals surface area contributed by atoms with E-state index in [1.165, 1.54) is 23.1 Å². The standard InChI is InChI=1S/C19H17N3O7/c23-18(20-12-2-4-16-17(8-12)28-7-1-6-27-16)10-21-14-9-13(22(25)26)3-5-15(14)29-11-19(21)24/h2-5,8-9H,1,6-7,10-11H2,(H,20,23). The van der Waals surface area contributed by atoms with E-state index in [1.54, 1.807) is 18.2 Å². The number of ether oxygens (including phenoxy) is 3. The summed E-state index contributed by atoms with van der Waals surface area (Å²) in [6, 6.07) is 8.94. The molecule has 0 atom stereocenters. The van der Waals surface area contributed by atoms with Gasteiger partial charge in [-0.15, -0.1) is 0 Å². The minimum absolute atomic E-state index is 0.185. The molecule has 2 amide bonds. The molecule has 150 valence electrons. The van der Waals surface area contributed by atoms with Crippen molar-refractivity contribution in [3.8, 4) is 17.2 Å². The Kier molecular flexibility index (Phi) is 4.90. The van der Waals surface area contributed by atoms with Crippen molar-refractivity contribution in [3.05, 3.63) is 46.5 Å². The lowest BCUT2D eigenvalue weighted by Crippen LogP contribution is -2.43. The van der Waals surface area contributed by atoms with Crippen LogP contribution in [0.4, 0.5) is 17.1 Å². The van der Waals surface area contributed by atoms with E-state index in [0.29, 0.717) is 36.1 Å². The van der Waals surface area contributed by atoms with E-state index >= 15 is 0 Å². The van der Waals surface area contributed by atoms with Gasteiger partial charge in [-0.2, -0.15) is 0 Å². The number of nitrogens with one attached hydrogen (secondary N) is 1. The van der Waals surface area contributed by atoms with Crippen LogP contribution < -0.4 is 24.4 Å². The SMILES string of the molecule is O=C(CN1C(=O)COc2ccc([N+](=O)[O-])cc21)Nc1ccc2c(c1)OCCCO2. The lowest BCUT2D eigenvalue weighted by atomic mass is 10.2. The van der Waals surface area contributed by atoms with E-state index in [0.717, 1.165) is 6.42 Å². The highest BCUT2D eigenvalue weighted by atomic mass is 16.6. The monoisotopic (exact) mass is 399 g/mol. The number of amides is 2. The number of carbonyl (C=O) groups is 2. The Hall–Kier alpha value is -3.82. The van der Waals surface area contributed by atoms with Crippen molar-refractivity contribution in [1.82, 2.24) is 0 Å². The smallest absolute Gasteiger partial charge is 0.271 e. The predicted molar refractivity (Wildman–Crippen MR) is 102 cm³/mol. The maximum Gasteiger partial charge on any atom is 0.271 e. The molecule has 29 heavy (non-hydrogen) atoms. The number of nitro benzene ring substituents is 1. The summed E-state index contributed by atoms with van der Waals surface area (Å²) in [5.41, 5.74) is 0.471. The van der Waals surface area contributed by atoms with Gasteiger partial charge in [-0.25, -0.2) is 0 Å². The molecule has 4 rings (SSSR count). The Labute approximate surface area is 165 Å². The highest BCUT2D eigenvalue weighted by Gasteiger charge is 2.29. The Morgan fingerprint density at radius 1 is 1.07 bits per heavy atom. The van der Waals surface area contributed by atoms with Gasteiger partial charge in [0.1, 0.15) is 12.3 Å². The third-order valence-electron chi connectivity index (χ3n) is 4.43. The predicted octanol–water partition coefficient (Wildman–Crippen LogP) is 2.12. The van der Waals surface area contributed by atoms with Crippen LogP contribution in [0.5, 0.6) is 17.2 Å². The van der Waals surface area contributed by atoms with Crippen molar-refractivity contribution in [2.45, 2.75) is 6.42 Å². The summed E-state index contributed by atoms with van der Waals surface area (Å²) in [4.78, 5) is 36.4. The van der Waals surface area contributed by atoms with E-state index in [9.17, 15) is 19.7 Å². The Morgan fingerprint density at radius 3 is 2.62 bits per heavy atom. The number of non-ortho nitro benzene ring substituents is 1. The highest BCUT2D eigenvalue weighted by Crippen LogP contribution is 2.35. The Bertz CT molecular complexity index is 992. The number of nitro groups is 1. The number of hydrogen-bond donors (Lipinski definition) is 1. The van der Waals surface area contributed by atoms with Gasteiger partial charge in [-0.05, 0) is 18.2 Å². The molecule has 10 heteroatoms. The molecule has 0 bridgehead atoms. The van der Waals surface area contributed by atoms with Gasteiger partial charge in [0, 0.05) is 30.3 Å². The molecule has 2 aliphatic rings. The topological polar surface area (TPSA) is 120 Å². The first-order chi connectivity index (χ1) is 14.0. The van der Waals surface area contributed by atoms with Gasteiger partial charge >= 0.3 is 0 Å². The van der Waals surface area contributed by atoms with Crippen molar-refractivity contribution in [1.29, 1.82) is 0 Å². The molecule has 10 nitrogen and oxygen atoms in total. The number of fused-ring (bicyclic) bond motifs is 2. The quantitative estimate of drug-likeness (QED) is 0.617. The summed E-state index contributed by atoms with van der Waals surface area (Å²) in [5, 5.41) is 13.7. The largest absolute Gasteiger partial charge is 0.490 e. The van der Waals surface area contributed by atoms with Gasteiger partial charge in [0.15, 0.2) is 18.1 Å². The van der Waals surface area contributed by atoms with Crippen molar-refractivity contribution in [3.63, 3.8) is 0 Å². The third kappa shape index (κ3) is 3.91. The molecule has 2 aromatic rings. The first kappa shape index (κ1) is 18.5. The van der Waals surface area contributed by atoms with E-state index < -0.39 is 16.7 Å².